The van der Waals surface area contributed by atoms with Crippen molar-refractivity contribution in [3.63, 3.8) is 0 Å². The monoisotopic (exact) mass is 415 g/mol. The Morgan fingerprint density at radius 3 is 2.48 bits per heavy atom. The van der Waals surface area contributed by atoms with Gasteiger partial charge in [0.05, 0.1) is 0 Å². The molecule has 8 nitrogen and oxygen atoms in total. The van der Waals surface area contributed by atoms with Gasteiger partial charge in [0.25, 0.3) is 5.91 Å². The number of aromatic nitrogens is 4. The van der Waals surface area contributed by atoms with Crippen LogP contribution in [0.15, 0.2) is 79.4 Å². The molecule has 1 N–H and O–H groups in total. The molecule has 0 bridgehead atoms. The number of aryl methyl sites for hydroxylation is 1. The van der Waals surface area contributed by atoms with E-state index in [9.17, 15) is 4.79 Å². The molecule has 0 fully saturated rings. The van der Waals surface area contributed by atoms with Crippen LogP contribution < -0.4 is 14.8 Å². The summed E-state index contributed by atoms with van der Waals surface area (Å²) in [5.41, 5.74) is 0.637. The zero-order valence-electron chi connectivity index (χ0n) is 17.1. The molecule has 8 heteroatoms. The summed E-state index contributed by atoms with van der Waals surface area (Å²) in [7, 11) is 0. The number of ether oxygens (including phenoxy) is 2. The lowest BCUT2D eigenvalue weighted by molar-refractivity contribution is -0.122. The Bertz CT molecular complexity index is 1160. The molecule has 0 aliphatic carbocycles. The molecule has 1 unspecified atom stereocenters. The molecule has 0 aliphatic heterocycles. The second-order valence-corrected chi connectivity index (χ2v) is 6.75. The summed E-state index contributed by atoms with van der Waals surface area (Å²) < 4.78 is 13.3. The first kappa shape index (κ1) is 20.1. The Labute approximate surface area is 179 Å². The quantitative estimate of drug-likeness (QED) is 0.487. The fraction of sp³-hybridized carbons (Fsp3) is 0.130. The standard InChI is InChI=1S/C23H21N5O3/c1-16(30-19-6-4-3-5-7-19)23(29)27-18-8-10-20(11-9-18)31-22-14-21(25-15-26-22)28-13-12-24-17(28)2/h3-16H,1-2H3,(H,27,29). The zero-order valence-corrected chi connectivity index (χ0v) is 17.1. The predicted molar refractivity (Wildman–Crippen MR) is 116 cm³/mol. The minimum Gasteiger partial charge on any atom is -0.481 e. The normalized spacial score (nSPS) is 11.5. The molecule has 0 spiro atoms. The highest BCUT2D eigenvalue weighted by Crippen LogP contribution is 2.23. The van der Waals surface area contributed by atoms with Gasteiger partial charge in [0, 0.05) is 24.1 Å². The highest BCUT2D eigenvalue weighted by atomic mass is 16.5. The fourth-order valence-electron chi connectivity index (χ4n) is 2.87. The number of carbonyl (C=O) groups is 1. The minimum atomic E-state index is -0.635. The van der Waals surface area contributed by atoms with Crippen LogP contribution in [0.25, 0.3) is 5.82 Å². The van der Waals surface area contributed by atoms with E-state index in [2.05, 4.69) is 20.3 Å². The van der Waals surface area contributed by atoms with Gasteiger partial charge < -0.3 is 14.8 Å². The van der Waals surface area contributed by atoms with Crippen LogP contribution in [0.2, 0.25) is 0 Å². The van der Waals surface area contributed by atoms with Gasteiger partial charge in [0.15, 0.2) is 6.10 Å². The largest absolute Gasteiger partial charge is 0.481 e. The van der Waals surface area contributed by atoms with E-state index in [-0.39, 0.29) is 5.91 Å². The topological polar surface area (TPSA) is 91.2 Å². The van der Waals surface area contributed by atoms with Crippen LogP contribution in [0.5, 0.6) is 17.4 Å². The molecule has 31 heavy (non-hydrogen) atoms. The molecule has 0 aliphatic rings. The lowest BCUT2D eigenvalue weighted by atomic mass is 10.2. The zero-order chi connectivity index (χ0) is 21.6. The number of hydrogen-bond acceptors (Lipinski definition) is 6. The van der Waals surface area contributed by atoms with Crippen LogP contribution in [0.4, 0.5) is 5.69 Å². The second kappa shape index (κ2) is 9.08. The number of benzene rings is 2. The molecule has 1 atom stereocenters. The second-order valence-electron chi connectivity index (χ2n) is 6.75. The molecular weight excluding hydrogens is 394 g/mol. The Morgan fingerprint density at radius 1 is 1.00 bits per heavy atom. The highest BCUT2D eigenvalue weighted by Gasteiger charge is 2.15. The lowest BCUT2D eigenvalue weighted by Crippen LogP contribution is -2.30. The Balaban J connectivity index is 1.37. The first-order chi connectivity index (χ1) is 15.1. The third-order valence-electron chi connectivity index (χ3n) is 4.47. The van der Waals surface area contributed by atoms with E-state index in [4.69, 9.17) is 9.47 Å². The average molecular weight is 415 g/mol. The number of nitrogens with zero attached hydrogens (tertiary/aromatic N) is 4. The van der Waals surface area contributed by atoms with Gasteiger partial charge in [-0.05, 0) is 50.2 Å². The van der Waals surface area contributed by atoms with Crippen molar-refractivity contribution in [2.75, 3.05) is 5.32 Å². The number of imidazole rings is 1. The van der Waals surface area contributed by atoms with Crippen LogP contribution in [0.1, 0.15) is 12.7 Å². The van der Waals surface area contributed by atoms with Crippen LogP contribution in [0, 0.1) is 6.92 Å². The van der Waals surface area contributed by atoms with Gasteiger partial charge in [0.2, 0.25) is 5.88 Å². The van der Waals surface area contributed by atoms with E-state index in [0.29, 0.717) is 28.9 Å². The van der Waals surface area contributed by atoms with E-state index in [1.54, 1.807) is 43.5 Å². The summed E-state index contributed by atoms with van der Waals surface area (Å²) in [6.45, 7) is 3.59. The Hall–Kier alpha value is -4.20. The van der Waals surface area contributed by atoms with Crippen molar-refractivity contribution >= 4 is 11.6 Å². The Morgan fingerprint density at radius 2 is 1.77 bits per heavy atom. The molecule has 2 heterocycles. The molecule has 0 saturated carbocycles. The fourth-order valence-corrected chi connectivity index (χ4v) is 2.87. The molecule has 0 saturated heterocycles. The van der Waals surface area contributed by atoms with Crippen LogP contribution in [0.3, 0.4) is 0 Å². The third-order valence-corrected chi connectivity index (χ3v) is 4.47. The van der Waals surface area contributed by atoms with Gasteiger partial charge in [-0.1, -0.05) is 18.2 Å². The summed E-state index contributed by atoms with van der Waals surface area (Å²) >= 11 is 0. The van der Waals surface area contributed by atoms with Crippen molar-refractivity contribution in [1.82, 2.24) is 19.5 Å². The number of para-hydroxylation sites is 1. The summed E-state index contributed by atoms with van der Waals surface area (Å²) in [5, 5.41) is 2.83. The first-order valence-corrected chi connectivity index (χ1v) is 9.71. The maximum Gasteiger partial charge on any atom is 0.265 e. The lowest BCUT2D eigenvalue weighted by Gasteiger charge is -2.15. The van der Waals surface area contributed by atoms with Gasteiger partial charge in [-0.3, -0.25) is 9.36 Å². The molecule has 2 aromatic heterocycles. The van der Waals surface area contributed by atoms with Gasteiger partial charge in [0.1, 0.15) is 29.5 Å². The molecule has 0 radical (unpaired) electrons. The van der Waals surface area contributed by atoms with Gasteiger partial charge in [-0.2, -0.15) is 0 Å². The first-order valence-electron chi connectivity index (χ1n) is 9.71. The number of anilines is 1. The number of rotatable bonds is 7. The van der Waals surface area contributed by atoms with Crippen molar-refractivity contribution in [3.05, 3.63) is 85.2 Å². The molecule has 156 valence electrons. The summed E-state index contributed by atoms with van der Waals surface area (Å²) in [5.74, 6) is 2.86. The smallest absolute Gasteiger partial charge is 0.265 e. The Kier molecular flexibility index (Phi) is 5.89. The molecular formula is C23H21N5O3. The van der Waals surface area contributed by atoms with Gasteiger partial charge in [-0.15, -0.1) is 0 Å². The van der Waals surface area contributed by atoms with Crippen molar-refractivity contribution < 1.29 is 14.3 Å². The van der Waals surface area contributed by atoms with Crippen LogP contribution >= 0.6 is 0 Å². The highest BCUT2D eigenvalue weighted by molar-refractivity contribution is 5.94. The van der Waals surface area contributed by atoms with Crippen molar-refractivity contribution in [2.45, 2.75) is 20.0 Å². The SMILES string of the molecule is Cc1nccn1-c1cc(Oc2ccc(NC(=O)C(C)Oc3ccccc3)cc2)ncn1. The third kappa shape index (κ3) is 5.05. The molecule has 2 aromatic carbocycles. The van der Waals surface area contributed by atoms with E-state index in [1.807, 2.05) is 48.0 Å². The summed E-state index contributed by atoms with van der Waals surface area (Å²) in [4.78, 5) is 25.0. The summed E-state index contributed by atoms with van der Waals surface area (Å²) in [6.07, 6.45) is 4.33. The summed E-state index contributed by atoms with van der Waals surface area (Å²) in [6, 6.07) is 18.0. The van der Waals surface area contributed by atoms with E-state index in [1.165, 1.54) is 6.33 Å². The van der Waals surface area contributed by atoms with Crippen molar-refractivity contribution in [1.29, 1.82) is 0 Å². The number of nitrogens with one attached hydrogen (secondary N) is 1. The molecule has 4 aromatic rings. The number of carbonyl (C=O) groups excluding carboxylic acids is 1. The maximum absolute atomic E-state index is 12.4. The van der Waals surface area contributed by atoms with Crippen molar-refractivity contribution in [3.8, 4) is 23.2 Å². The van der Waals surface area contributed by atoms with Gasteiger partial charge >= 0.3 is 0 Å². The minimum absolute atomic E-state index is 0.242. The van der Waals surface area contributed by atoms with E-state index < -0.39 is 6.10 Å². The van der Waals surface area contributed by atoms with E-state index >= 15 is 0 Å². The van der Waals surface area contributed by atoms with E-state index in [0.717, 1.165) is 5.82 Å². The van der Waals surface area contributed by atoms with Gasteiger partial charge in [-0.25, -0.2) is 15.0 Å². The molecule has 1 amide bonds. The van der Waals surface area contributed by atoms with Crippen molar-refractivity contribution in [2.24, 2.45) is 0 Å². The van der Waals surface area contributed by atoms with Crippen LogP contribution in [-0.2, 0) is 4.79 Å². The number of hydrogen-bond donors (Lipinski definition) is 1. The maximum atomic E-state index is 12.4. The average Bonchev–Trinajstić information content (AvgIpc) is 3.22. The predicted octanol–water partition coefficient (Wildman–Crippen LogP) is 4.17. The number of amides is 1. The molecule has 4 rings (SSSR count). The van der Waals surface area contributed by atoms with Crippen LogP contribution in [-0.4, -0.2) is 31.5 Å².